The van der Waals surface area contributed by atoms with Crippen LogP contribution in [0.5, 0.6) is 0 Å². The summed E-state index contributed by atoms with van der Waals surface area (Å²) in [5, 5.41) is 11.1. The molecule has 18 heavy (non-hydrogen) atoms. The number of nitrogens with zero attached hydrogens (tertiary/aromatic N) is 2. The second kappa shape index (κ2) is 5.71. The van der Waals surface area contributed by atoms with Gasteiger partial charge in [0.25, 0.3) is 0 Å². The molecular weight excluding hydrogens is 252 g/mol. The molecule has 0 radical (unpaired) electrons. The largest absolute Gasteiger partial charge is 0.353 e. The number of carbonyl (C=O) groups is 1. The molecule has 1 heterocycles. The van der Waals surface area contributed by atoms with Crippen LogP contribution in [0.4, 0.5) is 0 Å². The number of hydrogen-bond donors (Lipinski definition) is 2. The van der Waals surface area contributed by atoms with Gasteiger partial charge in [-0.05, 0) is 19.8 Å². The van der Waals surface area contributed by atoms with Gasteiger partial charge in [-0.15, -0.1) is 0 Å². The highest BCUT2D eigenvalue weighted by atomic mass is 35.5. The number of aryl methyl sites for hydroxylation is 2. The second-order valence-electron chi connectivity index (χ2n) is 4.75. The molecule has 1 aromatic heterocycles. The van der Waals surface area contributed by atoms with E-state index in [1.807, 2.05) is 14.0 Å². The first-order valence-corrected chi connectivity index (χ1v) is 6.63. The minimum Gasteiger partial charge on any atom is -0.353 e. The fourth-order valence-corrected chi connectivity index (χ4v) is 2.06. The Balaban J connectivity index is 1.69. The molecule has 1 aromatic rings. The minimum absolute atomic E-state index is 0.124. The van der Waals surface area contributed by atoms with Crippen molar-refractivity contribution < 1.29 is 4.79 Å². The predicted octanol–water partition coefficient (Wildman–Crippen LogP) is 1.14. The molecule has 0 saturated heterocycles. The first-order valence-electron chi connectivity index (χ1n) is 6.26. The van der Waals surface area contributed by atoms with Crippen LogP contribution in [0, 0.1) is 6.92 Å². The van der Waals surface area contributed by atoms with E-state index in [4.69, 9.17) is 11.6 Å². The SMILES string of the molecule is Cc1nn(C)c(Cl)c1CNCCC(=O)NC1CC1. The smallest absolute Gasteiger partial charge is 0.221 e. The lowest BCUT2D eigenvalue weighted by molar-refractivity contribution is -0.121. The van der Waals surface area contributed by atoms with Gasteiger partial charge >= 0.3 is 0 Å². The maximum absolute atomic E-state index is 11.4. The van der Waals surface area contributed by atoms with Crippen molar-refractivity contribution in [3.05, 3.63) is 16.4 Å². The van der Waals surface area contributed by atoms with Gasteiger partial charge in [0.2, 0.25) is 5.91 Å². The Hall–Kier alpha value is -1.07. The quantitative estimate of drug-likeness (QED) is 0.762. The average Bonchev–Trinajstić information content (AvgIpc) is 3.07. The molecule has 0 spiro atoms. The van der Waals surface area contributed by atoms with Gasteiger partial charge in [-0.1, -0.05) is 11.6 Å². The molecule has 2 rings (SSSR count). The molecule has 1 saturated carbocycles. The van der Waals surface area contributed by atoms with Gasteiger partial charge in [-0.2, -0.15) is 5.10 Å². The number of rotatable bonds is 6. The van der Waals surface area contributed by atoms with Crippen LogP contribution in [-0.2, 0) is 18.4 Å². The molecular formula is C12H19ClN4O. The first kappa shape index (κ1) is 13.4. The van der Waals surface area contributed by atoms with Crippen LogP contribution in [0.25, 0.3) is 0 Å². The van der Waals surface area contributed by atoms with E-state index in [0.717, 1.165) is 24.1 Å². The summed E-state index contributed by atoms with van der Waals surface area (Å²) in [6.07, 6.45) is 2.76. The van der Waals surface area contributed by atoms with Crippen LogP contribution in [-0.4, -0.2) is 28.3 Å². The summed E-state index contributed by atoms with van der Waals surface area (Å²) in [4.78, 5) is 11.4. The molecule has 100 valence electrons. The Labute approximate surface area is 112 Å². The summed E-state index contributed by atoms with van der Waals surface area (Å²) < 4.78 is 1.66. The fraction of sp³-hybridized carbons (Fsp3) is 0.667. The number of aromatic nitrogens is 2. The summed E-state index contributed by atoms with van der Waals surface area (Å²) >= 11 is 6.11. The topological polar surface area (TPSA) is 59.0 Å². The molecule has 6 heteroatoms. The van der Waals surface area contributed by atoms with Gasteiger partial charge in [0.15, 0.2) is 0 Å². The molecule has 1 aliphatic rings. The van der Waals surface area contributed by atoms with Crippen molar-refractivity contribution in [1.82, 2.24) is 20.4 Å². The maximum atomic E-state index is 11.4. The molecule has 1 fully saturated rings. The highest BCUT2D eigenvalue weighted by molar-refractivity contribution is 6.30. The summed E-state index contributed by atoms with van der Waals surface area (Å²) in [6, 6.07) is 0.438. The Bertz CT molecular complexity index is 440. The highest BCUT2D eigenvalue weighted by Gasteiger charge is 2.22. The van der Waals surface area contributed by atoms with Crippen LogP contribution in [0.15, 0.2) is 0 Å². The Kier molecular flexibility index (Phi) is 4.24. The Morgan fingerprint density at radius 1 is 1.56 bits per heavy atom. The Morgan fingerprint density at radius 3 is 2.83 bits per heavy atom. The van der Waals surface area contributed by atoms with E-state index in [2.05, 4.69) is 15.7 Å². The van der Waals surface area contributed by atoms with Crippen LogP contribution < -0.4 is 10.6 Å². The zero-order valence-electron chi connectivity index (χ0n) is 10.8. The van der Waals surface area contributed by atoms with E-state index in [9.17, 15) is 4.79 Å². The molecule has 0 aromatic carbocycles. The maximum Gasteiger partial charge on any atom is 0.221 e. The van der Waals surface area contributed by atoms with E-state index in [0.29, 0.717) is 30.7 Å². The van der Waals surface area contributed by atoms with Crippen LogP contribution in [0.1, 0.15) is 30.5 Å². The number of carbonyl (C=O) groups excluding carboxylic acids is 1. The van der Waals surface area contributed by atoms with Crippen molar-refractivity contribution in [2.24, 2.45) is 7.05 Å². The van der Waals surface area contributed by atoms with E-state index in [1.165, 1.54) is 0 Å². The van der Waals surface area contributed by atoms with Crippen molar-refractivity contribution in [1.29, 1.82) is 0 Å². The van der Waals surface area contributed by atoms with Gasteiger partial charge in [-0.3, -0.25) is 9.48 Å². The van der Waals surface area contributed by atoms with Crippen molar-refractivity contribution in [3.63, 3.8) is 0 Å². The molecule has 2 N–H and O–H groups in total. The molecule has 0 atom stereocenters. The third kappa shape index (κ3) is 3.46. The van der Waals surface area contributed by atoms with Crippen molar-refractivity contribution in [2.45, 2.75) is 38.8 Å². The van der Waals surface area contributed by atoms with Crippen molar-refractivity contribution in [2.75, 3.05) is 6.54 Å². The zero-order valence-corrected chi connectivity index (χ0v) is 11.5. The average molecular weight is 271 g/mol. The summed E-state index contributed by atoms with van der Waals surface area (Å²) in [7, 11) is 1.82. The van der Waals surface area contributed by atoms with E-state index >= 15 is 0 Å². The third-order valence-electron chi connectivity index (χ3n) is 3.04. The van der Waals surface area contributed by atoms with Gasteiger partial charge in [0.1, 0.15) is 5.15 Å². The number of amides is 1. The third-order valence-corrected chi connectivity index (χ3v) is 3.52. The van der Waals surface area contributed by atoms with E-state index < -0.39 is 0 Å². The minimum atomic E-state index is 0.124. The fourth-order valence-electron chi connectivity index (χ4n) is 1.82. The molecule has 1 aliphatic carbocycles. The van der Waals surface area contributed by atoms with E-state index in [-0.39, 0.29) is 5.91 Å². The standard InChI is InChI=1S/C12H19ClN4O/c1-8-10(12(13)17(2)16-8)7-14-6-5-11(18)15-9-3-4-9/h9,14H,3-7H2,1-2H3,(H,15,18). The van der Waals surface area contributed by atoms with Gasteiger partial charge in [-0.25, -0.2) is 0 Å². The summed E-state index contributed by atoms with van der Waals surface area (Å²) in [6.45, 7) is 3.24. The van der Waals surface area contributed by atoms with Crippen LogP contribution in [0.3, 0.4) is 0 Å². The van der Waals surface area contributed by atoms with Crippen molar-refractivity contribution in [3.8, 4) is 0 Å². The molecule has 0 bridgehead atoms. The first-order chi connectivity index (χ1) is 8.58. The summed E-state index contributed by atoms with van der Waals surface area (Å²) in [5.74, 6) is 0.124. The van der Waals surface area contributed by atoms with Crippen LogP contribution in [0.2, 0.25) is 5.15 Å². The number of nitrogens with one attached hydrogen (secondary N) is 2. The predicted molar refractivity (Wildman–Crippen MR) is 70.4 cm³/mol. The van der Waals surface area contributed by atoms with Gasteiger partial charge in [0.05, 0.1) is 5.69 Å². The van der Waals surface area contributed by atoms with Crippen LogP contribution >= 0.6 is 11.6 Å². The van der Waals surface area contributed by atoms with E-state index in [1.54, 1.807) is 4.68 Å². The van der Waals surface area contributed by atoms with Gasteiger partial charge < -0.3 is 10.6 Å². The molecule has 0 unspecified atom stereocenters. The lowest BCUT2D eigenvalue weighted by atomic mass is 10.2. The Morgan fingerprint density at radius 2 is 2.28 bits per heavy atom. The number of hydrogen-bond acceptors (Lipinski definition) is 3. The lowest BCUT2D eigenvalue weighted by Gasteiger charge is -2.05. The summed E-state index contributed by atoms with van der Waals surface area (Å²) in [5.41, 5.74) is 1.93. The molecule has 1 amide bonds. The molecule has 0 aliphatic heterocycles. The van der Waals surface area contributed by atoms with Gasteiger partial charge in [0, 0.05) is 38.2 Å². The molecule has 5 nitrogen and oxygen atoms in total. The second-order valence-corrected chi connectivity index (χ2v) is 5.10. The lowest BCUT2D eigenvalue weighted by Crippen LogP contribution is -2.29. The normalized spacial score (nSPS) is 14.8. The van der Waals surface area contributed by atoms with Crippen molar-refractivity contribution >= 4 is 17.5 Å². The monoisotopic (exact) mass is 270 g/mol. The highest BCUT2D eigenvalue weighted by Crippen LogP contribution is 2.19. The zero-order chi connectivity index (χ0) is 13.1. The number of halogens is 1.